The number of halogens is 1. The number of aliphatic hydroxyl groups is 1. The van der Waals surface area contributed by atoms with Gasteiger partial charge in [0.1, 0.15) is 0 Å². The van der Waals surface area contributed by atoms with Crippen LogP contribution in [0.25, 0.3) is 6.08 Å². The van der Waals surface area contributed by atoms with Crippen LogP contribution in [0, 0.1) is 6.92 Å². The maximum absolute atomic E-state index is 8.58. The van der Waals surface area contributed by atoms with Crippen molar-refractivity contribution in [2.75, 3.05) is 6.61 Å². The topological polar surface area (TPSA) is 20.2 Å². The number of rotatable bonds is 2. The van der Waals surface area contributed by atoms with Gasteiger partial charge in [-0.05, 0) is 30.2 Å². The lowest BCUT2D eigenvalue weighted by Crippen LogP contribution is -1.80. The van der Waals surface area contributed by atoms with Crippen LogP contribution >= 0.6 is 15.9 Å². The lowest BCUT2D eigenvalue weighted by atomic mass is 10.1. The van der Waals surface area contributed by atoms with Gasteiger partial charge in [-0.15, -0.1) is 0 Å². The van der Waals surface area contributed by atoms with Gasteiger partial charge in [0.2, 0.25) is 0 Å². The van der Waals surface area contributed by atoms with E-state index in [0.29, 0.717) is 0 Å². The van der Waals surface area contributed by atoms with Gasteiger partial charge in [-0.25, -0.2) is 0 Å². The second kappa shape index (κ2) is 4.43. The molecule has 12 heavy (non-hydrogen) atoms. The lowest BCUT2D eigenvalue weighted by molar-refractivity contribution is 0.343. The third kappa shape index (κ3) is 2.47. The maximum Gasteiger partial charge on any atom is 0.0615 e. The molecule has 0 amide bonds. The number of hydrogen-bond acceptors (Lipinski definition) is 1. The molecule has 0 aliphatic heterocycles. The Morgan fingerprint density at radius 1 is 1.50 bits per heavy atom. The molecule has 0 aliphatic carbocycles. The fraction of sp³-hybridized carbons (Fsp3) is 0.200. The monoisotopic (exact) mass is 226 g/mol. The van der Waals surface area contributed by atoms with Crippen LogP contribution < -0.4 is 0 Å². The number of aliphatic hydroxyl groups excluding tert-OH is 1. The Hall–Kier alpha value is -0.600. The minimum atomic E-state index is 0.0928. The van der Waals surface area contributed by atoms with Crippen molar-refractivity contribution in [1.29, 1.82) is 0 Å². The van der Waals surface area contributed by atoms with Gasteiger partial charge >= 0.3 is 0 Å². The van der Waals surface area contributed by atoms with E-state index in [-0.39, 0.29) is 6.61 Å². The third-order valence-corrected chi connectivity index (χ3v) is 2.13. The summed E-state index contributed by atoms with van der Waals surface area (Å²) in [7, 11) is 0. The molecule has 0 unspecified atom stereocenters. The molecule has 1 N–H and O–H groups in total. The summed E-state index contributed by atoms with van der Waals surface area (Å²) in [5, 5.41) is 8.58. The largest absolute Gasteiger partial charge is 0.392 e. The zero-order chi connectivity index (χ0) is 8.97. The zero-order valence-corrected chi connectivity index (χ0v) is 8.51. The number of hydrogen-bond donors (Lipinski definition) is 1. The molecule has 0 bridgehead atoms. The van der Waals surface area contributed by atoms with Gasteiger partial charge in [0.25, 0.3) is 0 Å². The predicted octanol–water partition coefficient (Wildman–Crippen LogP) is 2.76. The highest BCUT2D eigenvalue weighted by Gasteiger charge is 1.93. The Morgan fingerprint density at radius 3 is 2.83 bits per heavy atom. The summed E-state index contributed by atoms with van der Waals surface area (Å²) in [5.41, 5.74) is 2.35. The standard InChI is InChI=1S/C10H11BrO/c1-8-7-10(11)5-4-9(8)3-2-6-12/h2-5,7,12H,6H2,1H3/b3-2+. The highest BCUT2D eigenvalue weighted by molar-refractivity contribution is 9.10. The first kappa shape index (κ1) is 9.49. The Kier molecular flexibility index (Phi) is 3.50. The quantitative estimate of drug-likeness (QED) is 0.823. The minimum absolute atomic E-state index is 0.0928. The molecule has 0 fully saturated rings. The molecule has 1 rings (SSSR count). The Balaban J connectivity index is 2.94. The Morgan fingerprint density at radius 2 is 2.25 bits per heavy atom. The van der Waals surface area contributed by atoms with Crippen LogP contribution in [0.4, 0.5) is 0 Å². The summed E-state index contributed by atoms with van der Waals surface area (Å²) >= 11 is 3.39. The number of aryl methyl sites for hydroxylation is 1. The lowest BCUT2D eigenvalue weighted by Gasteiger charge is -1.99. The second-order valence-electron chi connectivity index (χ2n) is 2.59. The van der Waals surface area contributed by atoms with E-state index >= 15 is 0 Å². The predicted molar refractivity (Wildman–Crippen MR) is 55.0 cm³/mol. The van der Waals surface area contributed by atoms with Gasteiger partial charge in [0, 0.05) is 4.47 Å². The fourth-order valence-corrected chi connectivity index (χ4v) is 1.48. The van der Waals surface area contributed by atoms with Gasteiger partial charge < -0.3 is 5.11 Å². The first-order chi connectivity index (χ1) is 5.74. The van der Waals surface area contributed by atoms with E-state index in [4.69, 9.17) is 5.11 Å². The molecule has 0 saturated carbocycles. The van der Waals surface area contributed by atoms with Crippen LogP contribution in [0.3, 0.4) is 0 Å². The van der Waals surface area contributed by atoms with Gasteiger partial charge in [-0.3, -0.25) is 0 Å². The van der Waals surface area contributed by atoms with Crippen LogP contribution in [-0.2, 0) is 0 Å². The van der Waals surface area contributed by atoms with Crippen molar-refractivity contribution in [2.45, 2.75) is 6.92 Å². The molecule has 0 radical (unpaired) electrons. The average Bonchev–Trinajstić information content (AvgIpc) is 2.03. The molecule has 64 valence electrons. The number of benzene rings is 1. The molecule has 2 heteroatoms. The summed E-state index contributed by atoms with van der Waals surface area (Å²) in [4.78, 5) is 0. The summed E-state index contributed by atoms with van der Waals surface area (Å²) in [6.07, 6.45) is 3.65. The highest BCUT2D eigenvalue weighted by atomic mass is 79.9. The fourth-order valence-electron chi connectivity index (χ4n) is 1.01. The molecule has 1 nitrogen and oxygen atoms in total. The molecule has 0 saturated heterocycles. The average molecular weight is 227 g/mol. The molecule has 0 spiro atoms. The van der Waals surface area contributed by atoms with Crippen molar-refractivity contribution in [2.24, 2.45) is 0 Å². The first-order valence-electron chi connectivity index (χ1n) is 3.77. The zero-order valence-electron chi connectivity index (χ0n) is 6.92. The van der Waals surface area contributed by atoms with Crippen molar-refractivity contribution < 1.29 is 5.11 Å². The third-order valence-electron chi connectivity index (χ3n) is 1.63. The molecular formula is C10H11BrO. The van der Waals surface area contributed by atoms with E-state index in [0.717, 1.165) is 10.0 Å². The van der Waals surface area contributed by atoms with Crippen LogP contribution in [0.2, 0.25) is 0 Å². The molecule has 0 aromatic heterocycles. The molecule has 1 aromatic carbocycles. The van der Waals surface area contributed by atoms with Crippen LogP contribution in [-0.4, -0.2) is 11.7 Å². The Bertz CT molecular complexity index is 292. The van der Waals surface area contributed by atoms with Crippen LogP contribution in [0.15, 0.2) is 28.7 Å². The normalized spacial score (nSPS) is 10.9. The summed E-state index contributed by atoms with van der Waals surface area (Å²) < 4.78 is 1.08. The van der Waals surface area contributed by atoms with Gasteiger partial charge in [-0.2, -0.15) is 0 Å². The SMILES string of the molecule is Cc1cc(Br)ccc1/C=C/CO. The van der Waals surface area contributed by atoms with Crippen LogP contribution in [0.1, 0.15) is 11.1 Å². The summed E-state index contributed by atoms with van der Waals surface area (Å²) in [5.74, 6) is 0. The van der Waals surface area contributed by atoms with E-state index < -0.39 is 0 Å². The maximum atomic E-state index is 8.58. The van der Waals surface area contributed by atoms with Crippen molar-refractivity contribution in [3.8, 4) is 0 Å². The van der Waals surface area contributed by atoms with Gasteiger partial charge in [0.15, 0.2) is 0 Å². The van der Waals surface area contributed by atoms with Gasteiger partial charge in [-0.1, -0.05) is 34.1 Å². The van der Waals surface area contributed by atoms with Crippen LogP contribution in [0.5, 0.6) is 0 Å². The van der Waals surface area contributed by atoms with Crippen molar-refractivity contribution in [1.82, 2.24) is 0 Å². The molecular weight excluding hydrogens is 216 g/mol. The van der Waals surface area contributed by atoms with Gasteiger partial charge in [0.05, 0.1) is 6.61 Å². The first-order valence-corrected chi connectivity index (χ1v) is 4.57. The summed E-state index contributed by atoms with van der Waals surface area (Å²) in [6.45, 7) is 2.14. The van der Waals surface area contributed by atoms with E-state index in [1.165, 1.54) is 5.56 Å². The molecule has 0 atom stereocenters. The minimum Gasteiger partial charge on any atom is -0.392 e. The molecule has 0 aliphatic rings. The molecule has 0 heterocycles. The van der Waals surface area contributed by atoms with E-state index in [1.807, 2.05) is 25.1 Å². The second-order valence-corrected chi connectivity index (χ2v) is 3.50. The van der Waals surface area contributed by atoms with Crippen molar-refractivity contribution >= 4 is 22.0 Å². The van der Waals surface area contributed by atoms with E-state index in [2.05, 4.69) is 22.0 Å². The summed E-state index contributed by atoms with van der Waals surface area (Å²) in [6, 6.07) is 6.06. The van der Waals surface area contributed by atoms with E-state index in [9.17, 15) is 0 Å². The highest BCUT2D eigenvalue weighted by Crippen LogP contribution is 2.16. The molecule has 1 aromatic rings. The Labute approximate surface area is 80.9 Å². The van der Waals surface area contributed by atoms with E-state index in [1.54, 1.807) is 6.08 Å². The van der Waals surface area contributed by atoms with Crippen molar-refractivity contribution in [3.05, 3.63) is 39.9 Å². The van der Waals surface area contributed by atoms with Crippen molar-refractivity contribution in [3.63, 3.8) is 0 Å². The smallest absolute Gasteiger partial charge is 0.0615 e.